The molecule has 0 heterocycles. The molecule has 0 fully saturated rings. The van der Waals surface area contributed by atoms with Crippen LogP contribution in [-0.2, 0) is 4.79 Å². The molecule has 0 radical (unpaired) electrons. The minimum Gasteiger partial charge on any atom is -0.479 e. The number of aliphatic carboxylic acids is 1. The van der Waals surface area contributed by atoms with E-state index in [0.717, 1.165) is 20.4 Å². The van der Waals surface area contributed by atoms with Gasteiger partial charge in [-0.25, -0.2) is 4.79 Å². The topological polar surface area (TPSA) is 49.3 Å². The van der Waals surface area contributed by atoms with E-state index in [1.807, 2.05) is 55.5 Å². The molecule has 2 rings (SSSR count). The Morgan fingerprint density at radius 1 is 1.16 bits per heavy atom. The molecule has 98 valence electrons. The van der Waals surface area contributed by atoms with Crippen LogP contribution >= 0.6 is 22.6 Å². The van der Waals surface area contributed by atoms with Crippen LogP contribution in [-0.4, -0.2) is 11.1 Å². The van der Waals surface area contributed by atoms with Gasteiger partial charge in [0.05, 0.1) is 0 Å². The average Bonchev–Trinajstić information content (AvgIpc) is 2.41. The van der Waals surface area contributed by atoms with Crippen molar-refractivity contribution in [3.8, 4) is 0 Å². The summed E-state index contributed by atoms with van der Waals surface area (Å²) in [5, 5.41) is 12.5. The van der Waals surface area contributed by atoms with Gasteiger partial charge in [-0.1, -0.05) is 36.4 Å². The third kappa shape index (κ3) is 3.26. The second kappa shape index (κ2) is 6.06. The van der Waals surface area contributed by atoms with E-state index in [9.17, 15) is 9.90 Å². The first-order chi connectivity index (χ1) is 9.09. The number of carboxylic acid groups (broad SMARTS) is 1. The van der Waals surface area contributed by atoms with Crippen molar-refractivity contribution in [2.24, 2.45) is 0 Å². The highest BCUT2D eigenvalue weighted by atomic mass is 127. The molecule has 0 saturated carbocycles. The quantitative estimate of drug-likeness (QED) is 0.808. The molecule has 0 saturated heterocycles. The molecule has 0 aromatic heterocycles. The van der Waals surface area contributed by atoms with Crippen molar-refractivity contribution in [3.63, 3.8) is 0 Å². The number of hydrogen-bond donors (Lipinski definition) is 2. The minimum atomic E-state index is -0.885. The lowest BCUT2D eigenvalue weighted by atomic mass is 10.1. The van der Waals surface area contributed by atoms with Crippen molar-refractivity contribution in [2.45, 2.75) is 13.0 Å². The SMILES string of the molecule is Cc1c(I)cccc1NC(C(=O)O)c1ccccc1. The van der Waals surface area contributed by atoms with Crippen molar-refractivity contribution in [1.29, 1.82) is 0 Å². The predicted octanol–water partition coefficient (Wildman–Crippen LogP) is 3.84. The Bertz CT molecular complexity index is 584. The number of rotatable bonds is 4. The fourth-order valence-electron chi connectivity index (χ4n) is 1.85. The van der Waals surface area contributed by atoms with Gasteiger partial charge in [0.2, 0.25) is 0 Å². The highest BCUT2D eigenvalue weighted by Crippen LogP contribution is 2.25. The normalized spacial score (nSPS) is 11.9. The molecule has 2 N–H and O–H groups in total. The van der Waals surface area contributed by atoms with Crippen LogP contribution in [0.5, 0.6) is 0 Å². The van der Waals surface area contributed by atoms with E-state index in [2.05, 4.69) is 27.9 Å². The van der Waals surface area contributed by atoms with Gasteiger partial charge in [0.15, 0.2) is 6.04 Å². The molecule has 1 unspecified atom stereocenters. The third-order valence-electron chi connectivity index (χ3n) is 2.95. The number of hydrogen-bond acceptors (Lipinski definition) is 2. The standard InChI is InChI=1S/C15H14INO2/c1-10-12(16)8-5-9-13(10)17-14(15(18)19)11-6-3-2-4-7-11/h2-9,14,17H,1H3,(H,18,19). The van der Waals surface area contributed by atoms with Crippen LogP contribution in [0.3, 0.4) is 0 Å². The van der Waals surface area contributed by atoms with Crippen molar-refractivity contribution in [1.82, 2.24) is 0 Å². The molecule has 0 aliphatic carbocycles. The summed E-state index contributed by atoms with van der Waals surface area (Å²) in [5.74, 6) is -0.885. The summed E-state index contributed by atoms with van der Waals surface area (Å²) in [5.41, 5.74) is 2.65. The van der Waals surface area contributed by atoms with E-state index in [1.54, 1.807) is 0 Å². The van der Waals surface area contributed by atoms with Crippen LogP contribution in [0.15, 0.2) is 48.5 Å². The first-order valence-electron chi connectivity index (χ1n) is 5.89. The van der Waals surface area contributed by atoms with Gasteiger partial charge in [-0.2, -0.15) is 0 Å². The number of nitrogens with one attached hydrogen (secondary N) is 1. The van der Waals surface area contributed by atoms with E-state index in [0.29, 0.717) is 0 Å². The molecular formula is C15H14INO2. The van der Waals surface area contributed by atoms with E-state index in [1.165, 1.54) is 0 Å². The summed E-state index contributed by atoms with van der Waals surface area (Å²) in [6, 6.07) is 14.3. The highest BCUT2D eigenvalue weighted by molar-refractivity contribution is 14.1. The Labute approximate surface area is 125 Å². The number of carboxylic acids is 1. The summed E-state index contributed by atoms with van der Waals surface area (Å²) >= 11 is 2.24. The zero-order valence-electron chi connectivity index (χ0n) is 10.4. The Morgan fingerprint density at radius 3 is 2.47 bits per heavy atom. The van der Waals surface area contributed by atoms with Crippen LogP contribution in [0.2, 0.25) is 0 Å². The second-order valence-electron chi connectivity index (χ2n) is 4.24. The lowest BCUT2D eigenvalue weighted by Crippen LogP contribution is -2.21. The minimum absolute atomic E-state index is 0.738. The maximum Gasteiger partial charge on any atom is 0.330 e. The maximum absolute atomic E-state index is 11.4. The first kappa shape index (κ1) is 13.9. The maximum atomic E-state index is 11.4. The number of carbonyl (C=O) groups is 1. The lowest BCUT2D eigenvalue weighted by molar-refractivity contribution is -0.138. The van der Waals surface area contributed by atoms with Gasteiger partial charge in [-0.3, -0.25) is 0 Å². The predicted molar refractivity (Wildman–Crippen MR) is 84.3 cm³/mol. The largest absolute Gasteiger partial charge is 0.479 e. The number of anilines is 1. The van der Waals surface area contributed by atoms with Crippen LogP contribution in [0.25, 0.3) is 0 Å². The second-order valence-corrected chi connectivity index (χ2v) is 5.40. The van der Waals surface area contributed by atoms with E-state index in [4.69, 9.17) is 0 Å². The molecule has 4 heteroatoms. The van der Waals surface area contributed by atoms with E-state index >= 15 is 0 Å². The number of halogens is 1. The third-order valence-corrected chi connectivity index (χ3v) is 4.12. The average molecular weight is 367 g/mol. The smallest absolute Gasteiger partial charge is 0.330 e. The van der Waals surface area contributed by atoms with Gasteiger partial charge >= 0.3 is 5.97 Å². The Hall–Kier alpha value is -1.56. The van der Waals surface area contributed by atoms with E-state index in [-0.39, 0.29) is 0 Å². The first-order valence-corrected chi connectivity index (χ1v) is 6.97. The zero-order chi connectivity index (χ0) is 13.8. The zero-order valence-corrected chi connectivity index (χ0v) is 12.6. The van der Waals surface area contributed by atoms with Crippen LogP contribution in [0.1, 0.15) is 17.2 Å². The Balaban J connectivity index is 2.32. The molecule has 19 heavy (non-hydrogen) atoms. The van der Waals surface area contributed by atoms with Crippen molar-refractivity contribution < 1.29 is 9.90 Å². The summed E-state index contributed by atoms with van der Waals surface area (Å²) in [4.78, 5) is 11.4. The molecule has 0 aliphatic heterocycles. The fourth-order valence-corrected chi connectivity index (χ4v) is 2.35. The van der Waals surface area contributed by atoms with Crippen LogP contribution in [0.4, 0.5) is 5.69 Å². The highest BCUT2D eigenvalue weighted by Gasteiger charge is 2.20. The Kier molecular flexibility index (Phi) is 4.42. The van der Waals surface area contributed by atoms with Gasteiger partial charge in [-0.05, 0) is 52.8 Å². The van der Waals surface area contributed by atoms with Crippen LogP contribution < -0.4 is 5.32 Å². The van der Waals surface area contributed by atoms with Crippen molar-refractivity contribution in [3.05, 3.63) is 63.2 Å². The van der Waals surface area contributed by atoms with Crippen LogP contribution in [0, 0.1) is 10.5 Å². The summed E-state index contributed by atoms with van der Waals surface area (Å²) < 4.78 is 1.11. The summed E-state index contributed by atoms with van der Waals surface area (Å²) in [6.45, 7) is 1.98. The molecule has 2 aromatic rings. The van der Waals surface area contributed by atoms with Gasteiger partial charge in [0.1, 0.15) is 0 Å². The van der Waals surface area contributed by atoms with Crippen molar-refractivity contribution >= 4 is 34.2 Å². The molecule has 0 spiro atoms. The van der Waals surface area contributed by atoms with Gasteiger partial charge in [-0.15, -0.1) is 0 Å². The molecular weight excluding hydrogens is 353 g/mol. The fraction of sp³-hybridized carbons (Fsp3) is 0.133. The number of benzene rings is 2. The lowest BCUT2D eigenvalue weighted by Gasteiger charge is -2.18. The van der Waals surface area contributed by atoms with E-state index < -0.39 is 12.0 Å². The Morgan fingerprint density at radius 2 is 1.84 bits per heavy atom. The van der Waals surface area contributed by atoms with Gasteiger partial charge in [0.25, 0.3) is 0 Å². The van der Waals surface area contributed by atoms with Gasteiger partial charge < -0.3 is 10.4 Å². The molecule has 0 amide bonds. The van der Waals surface area contributed by atoms with Crippen molar-refractivity contribution in [2.75, 3.05) is 5.32 Å². The summed E-state index contributed by atoms with van der Waals surface area (Å²) in [7, 11) is 0. The monoisotopic (exact) mass is 367 g/mol. The summed E-state index contributed by atoms with van der Waals surface area (Å²) in [6.07, 6.45) is 0. The molecule has 2 aromatic carbocycles. The molecule has 3 nitrogen and oxygen atoms in total. The molecule has 1 atom stereocenters. The molecule has 0 bridgehead atoms. The molecule has 0 aliphatic rings. The van der Waals surface area contributed by atoms with Gasteiger partial charge in [0, 0.05) is 9.26 Å².